The van der Waals surface area contributed by atoms with E-state index in [0.29, 0.717) is 23.0 Å². The van der Waals surface area contributed by atoms with Gasteiger partial charge in [-0.05, 0) is 48.5 Å². The molecule has 126 valence electrons. The third-order valence-electron chi connectivity index (χ3n) is 3.69. The number of rotatable bonds is 4. The molecule has 2 aromatic heterocycles. The summed E-state index contributed by atoms with van der Waals surface area (Å²) >= 11 is 0. The Hall–Kier alpha value is -3.80. The van der Waals surface area contributed by atoms with Crippen LogP contribution in [-0.4, -0.2) is 21.1 Å². The van der Waals surface area contributed by atoms with E-state index >= 15 is 0 Å². The van der Waals surface area contributed by atoms with Crippen LogP contribution in [0.2, 0.25) is 0 Å². The van der Waals surface area contributed by atoms with Crippen LogP contribution in [0.25, 0.3) is 22.8 Å². The van der Waals surface area contributed by atoms with Gasteiger partial charge in [0.15, 0.2) is 0 Å². The van der Waals surface area contributed by atoms with Crippen molar-refractivity contribution in [3.8, 4) is 28.6 Å². The summed E-state index contributed by atoms with van der Waals surface area (Å²) in [6.07, 6.45) is 3.34. The maximum Gasteiger partial charge on any atom is 0.343 e. The van der Waals surface area contributed by atoms with Crippen LogP contribution < -0.4 is 4.74 Å². The highest BCUT2D eigenvalue weighted by molar-refractivity contribution is 5.91. The first-order valence-corrected chi connectivity index (χ1v) is 7.91. The first-order valence-electron chi connectivity index (χ1n) is 7.91. The van der Waals surface area contributed by atoms with Gasteiger partial charge in [0.05, 0.1) is 5.56 Å². The molecular weight excluding hydrogens is 330 g/mol. The molecule has 2 aromatic carbocycles. The van der Waals surface area contributed by atoms with E-state index in [4.69, 9.17) is 9.26 Å². The van der Waals surface area contributed by atoms with E-state index in [9.17, 15) is 4.79 Å². The molecule has 0 aliphatic carbocycles. The molecule has 6 heteroatoms. The molecule has 26 heavy (non-hydrogen) atoms. The predicted molar refractivity (Wildman–Crippen MR) is 94.4 cm³/mol. The summed E-state index contributed by atoms with van der Waals surface area (Å²) in [7, 11) is 0. The number of hydrogen-bond donors (Lipinski definition) is 0. The summed E-state index contributed by atoms with van der Waals surface area (Å²) in [5.41, 5.74) is 2.05. The third kappa shape index (κ3) is 3.34. The second-order valence-corrected chi connectivity index (χ2v) is 5.44. The number of esters is 1. The largest absolute Gasteiger partial charge is 0.423 e. The molecule has 2 heterocycles. The molecule has 0 amide bonds. The van der Waals surface area contributed by atoms with Crippen LogP contribution in [0.1, 0.15) is 10.4 Å². The maximum atomic E-state index is 12.1. The molecule has 0 unspecified atom stereocenters. The maximum absolute atomic E-state index is 12.1. The number of carbonyl (C=O) groups excluding carboxylic acids is 1. The first-order chi connectivity index (χ1) is 12.8. The van der Waals surface area contributed by atoms with Gasteiger partial charge < -0.3 is 9.26 Å². The van der Waals surface area contributed by atoms with Crippen molar-refractivity contribution in [3.63, 3.8) is 0 Å². The fourth-order valence-electron chi connectivity index (χ4n) is 2.36. The molecule has 0 aliphatic heterocycles. The lowest BCUT2D eigenvalue weighted by molar-refractivity contribution is 0.0735. The second kappa shape index (κ2) is 6.98. The zero-order valence-electron chi connectivity index (χ0n) is 13.6. The molecule has 0 N–H and O–H groups in total. The number of nitrogens with zero attached hydrogens (tertiary/aromatic N) is 3. The van der Waals surface area contributed by atoms with Crippen LogP contribution in [0, 0.1) is 0 Å². The van der Waals surface area contributed by atoms with E-state index in [2.05, 4.69) is 15.1 Å². The summed E-state index contributed by atoms with van der Waals surface area (Å²) in [4.78, 5) is 20.4. The monoisotopic (exact) mass is 343 g/mol. The molecular formula is C20H13N3O3. The van der Waals surface area contributed by atoms with Gasteiger partial charge in [-0.15, -0.1) is 0 Å². The zero-order chi connectivity index (χ0) is 17.8. The minimum atomic E-state index is -0.406. The number of aromatic nitrogens is 3. The van der Waals surface area contributed by atoms with Crippen LogP contribution in [0.3, 0.4) is 0 Å². The normalized spacial score (nSPS) is 10.5. The summed E-state index contributed by atoms with van der Waals surface area (Å²) in [6, 6.07) is 19.3. The Labute approximate surface area is 149 Å². The highest BCUT2D eigenvalue weighted by Gasteiger charge is 2.12. The van der Waals surface area contributed by atoms with Gasteiger partial charge >= 0.3 is 5.97 Å². The number of benzene rings is 2. The van der Waals surface area contributed by atoms with Crippen LogP contribution >= 0.6 is 0 Å². The summed E-state index contributed by atoms with van der Waals surface area (Å²) in [5.74, 6) is 0.910. The average molecular weight is 343 g/mol. The van der Waals surface area contributed by atoms with Crippen LogP contribution in [0.4, 0.5) is 0 Å². The lowest BCUT2D eigenvalue weighted by Crippen LogP contribution is -2.07. The molecule has 0 saturated carbocycles. The smallest absolute Gasteiger partial charge is 0.343 e. The minimum absolute atomic E-state index is 0.387. The summed E-state index contributed by atoms with van der Waals surface area (Å²) in [6.45, 7) is 0. The van der Waals surface area contributed by atoms with Gasteiger partial charge in [-0.3, -0.25) is 4.98 Å². The van der Waals surface area contributed by atoms with Crippen molar-refractivity contribution in [3.05, 3.63) is 84.7 Å². The SMILES string of the molecule is O=C(Oc1ccc(-c2nc(-c3ccncc3)no2)cc1)c1ccccc1. The van der Waals surface area contributed by atoms with E-state index in [-0.39, 0.29) is 0 Å². The Morgan fingerprint density at radius 2 is 1.58 bits per heavy atom. The van der Waals surface area contributed by atoms with Crippen LogP contribution in [0.15, 0.2) is 83.6 Å². The van der Waals surface area contributed by atoms with E-state index in [1.54, 1.807) is 73.1 Å². The topological polar surface area (TPSA) is 78.1 Å². The van der Waals surface area contributed by atoms with Crippen LogP contribution in [0.5, 0.6) is 5.75 Å². The third-order valence-corrected chi connectivity index (χ3v) is 3.69. The van der Waals surface area contributed by atoms with Crippen molar-refractivity contribution in [1.29, 1.82) is 0 Å². The standard InChI is InChI=1S/C20H13N3O3/c24-20(16-4-2-1-3-5-16)25-17-8-6-15(7-9-17)19-22-18(23-26-19)14-10-12-21-13-11-14/h1-13H. The number of hydrogen-bond acceptors (Lipinski definition) is 6. The highest BCUT2D eigenvalue weighted by Crippen LogP contribution is 2.24. The van der Waals surface area contributed by atoms with Gasteiger partial charge in [-0.25, -0.2) is 4.79 Å². The van der Waals surface area contributed by atoms with Crippen molar-refractivity contribution < 1.29 is 14.1 Å². The van der Waals surface area contributed by atoms with Gasteiger partial charge in [0.1, 0.15) is 5.75 Å². The molecule has 0 fully saturated rings. The number of carbonyl (C=O) groups is 1. The van der Waals surface area contributed by atoms with Crippen molar-refractivity contribution in [2.24, 2.45) is 0 Å². The van der Waals surface area contributed by atoms with E-state index in [0.717, 1.165) is 11.1 Å². The van der Waals surface area contributed by atoms with Crippen molar-refractivity contribution in [1.82, 2.24) is 15.1 Å². The Balaban J connectivity index is 1.50. The molecule has 0 spiro atoms. The van der Waals surface area contributed by atoms with Crippen molar-refractivity contribution in [2.75, 3.05) is 0 Å². The predicted octanol–water partition coefficient (Wildman–Crippen LogP) is 4.02. The Morgan fingerprint density at radius 1 is 0.846 bits per heavy atom. The van der Waals surface area contributed by atoms with Gasteiger partial charge in [0.2, 0.25) is 5.82 Å². The number of ether oxygens (including phenoxy) is 1. The van der Waals surface area contributed by atoms with E-state index in [1.165, 1.54) is 0 Å². The number of pyridine rings is 1. The first kappa shape index (κ1) is 15.7. The van der Waals surface area contributed by atoms with Gasteiger partial charge in [-0.1, -0.05) is 23.4 Å². The summed E-state index contributed by atoms with van der Waals surface area (Å²) in [5, 5.41) is 3.97. The van der Waals surface area contributed by atoms with Gasteiger partial charge in [-0.2, -0.15) is 4.98 Å². The Kier molecular flexibility index (Phi) is 4.22. The molecule has 0 bridgehead atoms. The molecule has 0 atom stereocenters. The Morgan fingerprint density at radius 3 is 2.31 bits per heavy atom. The molecule has 4 aromatic rings. The second-order valence-electron chi connectivity index (χ2n) is 5.44. The molecule has 0 radical (unpaired) electrons. The lowest BCUT2D eigenvalue weighted by atomic mass is 10.2. The fourth-order valence-corrected chi connectivity index (χ4v) is 2.36. The van der Waals surface area contributed by atoms with Gasteiger partial charge in [0.25, 0.3) is 5.89 Å². The van der Waals surface area contributed by atoms with Crippen LogP contribution in [-0.2, 0) is 0 Å². The van der Waals surface area contributed by atoms with E-state index < -0.39 is 5.97 Å². The van der Waals surface area contributed by atoms with Crippen molar-refractivity contribution in [2.45, 2.75) is 0 Å². The van der Waals surface area contributed by atoms with E-state index in [1.807, 2.05) is 6.07 Å². The highest BCUT2D eigenvalue weighted by atomic mass is 16.5. The molecule has 0 aliphatic rings. The quantitative estimate of drug-likeness (QED) is 0.411. The fraction of sp³-hybridized carbons (Fsp3) is 0. The van der Waals surface area contributed by atoms with Crippen molar-refractivity contribution >= 4 is 5.97 Å². The molecule has 4 rings (SSSR count). The average Bonchev–Trinajstić information content (AvgIpc) is 3.20. The Bertz CT molecular complexity index is 1010. The molecule has 6 nitrogen and oxygen atoms in total. The summed E-state index contributed by atoms with van der Waals surface area (Å²) < 4.78 is 10.7. The minimum Gasteiger partial charge on any atom is -0.423 e. The lowest BCUT2D eigenvalue weighted by Gasteiger charge is -2.04. The zero-order valence-corrected chi connectivity index (χ0v) is 13.6. The van der Waals surface area contributed by atoms with Gasteiger partial charge in [0, 0.05) is 23.5 Å². The molecule has 0 saturated heterocycles.